The highest BCUT2D eigenvalue weighted by atomic mass is 35.5. The van der Waals surface area contributed by atoms with E-state index in [1.165, 1.54) is 0 Å². The van der Waals surface area contributed by atoms with E-state index in [9.17, 15) is 4.79 Å². The maximum Gasteiger partial charge on any atom is 0.224 e. The van der Waals surface area contributed by atoms with Crippen LogP contribution in [-0.2, 0) is 11.2 Å². The molecular weight excluding hydrogens is 312 g/mol. The molecule has 0 saturated carbocycles. The SMILES string of the molecule is Cc1nn(-c2ccccc2)c(C)c1CC(=O)NCC(C)(C)N.Cl. The summed E-state index contributed by atoms with van der Waals surface area (Å²) in [5.74, 6) is -0.0302. The van der Waals surface area contributed by atoms with Crippen LogP contribution in [0.4, 0.5) is 0 Å². The average molecular weight is 337 g/mol. The van der Waals surface area contributed by atoms with Crippen molar-refractivity contribution in [1.29, 1.82) is 0 Å². The Labute approximate surface area is 143 Å². The summed E-state index contributed by atoms with van der Waals surface area (Å²) in [6, 6.07) is 9.92. The van der Waals surface area contributed by atoms with E-state index in [1.54, 1.807) is 0 Å². The summed E-state index contributed by atoms with van der Waals surface area (Å²) in [5, 5.41) is 7.43. The van der Waals surface area contributed by atoms with Gasteiger partial charge in [-0.15, -0.1) is 12.4 Å². The number of rotatable bonds is 5. The normalized spacial score (nSPS) is 11.0. The van der Waals surface area contributed by atoms with E-state index in [0.717, 1.165) is 22.6 Å². The molecule has 0 radical (unpaired) electrons. The maximum atomic E-state index is 12.1. The molecule has 5 nitrogen and oxygen atoms in total. The predicted octanol–water partition coefficient (Wildman–Crippen LogP) is 2.31. The number of para-hydroxylation sites is 1. The lowest BCUT2D eigenvalue weighted by molar-refractivity contribution is -0.120. The molecule has 23 heavy (non-hydrogen) atoms. The van der Waals surface area contributed by atoms with Crippen LogP contribution in [0.25, 0.3) is 5.69 Å². The second-order valence-electron chi connectivity index (χ2n) is 6.34. The molecule has 1 aromatic heterocycles. The van der Waals surface area contributed by atoms with Crippen LogP contribution in [0, 0.1) is 13.8 Å². The van der Waals surface area contributed by atoms with Crippen molar-refractivity contribution in [3.05, 3.63) is 47.3 Å². The summed E-state index contributed by atoms with van der Waals surface area (Å²) >= 11 is 0. The highest BCUT2D eigenvalue weighted by Gasteiger charge is 2.17. The molecule has 1 amide bonds. The molecule has 2 aromatic rings. The smallest absolute Gasteiger partial charge is 0.224 e. The first kappa shape index (κ1) is 19.2. The Morgan fingerprint density at radius 2 is 1.87 bits per heavy atom. The van der Waals surface area contributed by atoms with Crippen molar-refractivity contribution < 1.29 is 4.79 Å². The number of benzene rings is 1. The molecule has 0 aliphatic heterocycles. The number of carbonyl (C=O) groups is 1. The zero-order chi connectivity index (χ0) is 16.3. The summed E-state index contributed by atoms with van der Waals surface area (Å²) in [7, 11) is 0. The van der Waals surface area contributed by atoms with Crippen LogP contribution >= 0.6 is 12.4 Å². The largest absolute Gasteiger partial charge is 0.354 e. The van der Waals surface area contributed by atoms with Gasteiger partial charge < -0.3 is 11.1 Å². The van der Waals surface area contributed by atoms with Gasteiger partial charge in [-0.1, -0.05) is 18.2 Å². The van der Waals surface area contributed by atoms with E-state index >= 15 is 0 Å². The van der Waals surface area contributed by atoms with Gasteiger partial charge in [-0.25, -0.2) is 4.68 Å². The number of hydrogen-bond acceptors (Lipinski definition) is 3. The van der Waals surface area contributed by atoms with Crippen molar-refractivity contribution in [2.75, 3.05) is 6.54 Å². The highest BCUT2D eigenvalue weighted by molar-refractivity contribution is 5.85. The monoisotopic (exact) mass is 336 g/mol. The van der Waals surface area contributed by atoms with Crippen LogP contribution in [0.3, 0.4) is 0 Å². The van der Waals surface area contributed by atoms with Gasteiger partial charge in [0.1, 0.15) is 0 Å². The van der Waals surface area contributed by atoms with Gasteiger partial charge >= 0.3 is 0 Å². The van der Waals surface area contributed by atoms with Crippen molar-refractivity contribution in [3.63, 3.8) is 0 Å². The molecule has 6 heteroatoms. The van der Waals surface area contributed by atoms with E-state index in [2.05, 4.69) is 10.4 Å². The lowest BCUT2D eigenvalue weighted by atomic mass is 10.1. The molecule has 1 heterocycles. The van der Waals surface area contributed by atoms with E-state index in [-0.39, 0.29) is 18.3 Å². The van der Waals surface area contributed by atoms with Crippen molar-refractivity contribution in [2.24, 2.45) is 5.73 Å². The molecule has 0 unspecified atom stereocenters. The van der Waals surface area contributed by atoms with Crippen LogP contribution in [0.1, 0.15) is 30.8 Å². The molecule has 0 saturated heterocycles. The molecular formula is C17H25ClN4O. The second-order valence-corrected chi connectivity index (χ2v) is 6.34. The fourth-order valence-corrected chi connectivity index (χ4v) is 2.30. The third-order valence-electron chi connectivity index (χ3n) is 3.52. The van der Waals surface area contributed by atoms with Crippen LogP contribution in [-0.4, -0.2) is 27.8 Å². The average Bonchev–Trinajstić information content (AvgIpc) is 2.73. The van der Waals surface area contributed by atoms with Crippen LogP contribution in [0.15, 0.2) is 30.3 Å². The first-order valence-corrected chi connectivity index (χ1v) is 7.44. The molecule has 0 atom stereocenters. The Bertz CT molecular complexity index is 659. The Kier molecular flexibility index (Phi) is 6.36. The quantitative estimate of drug-likeness (QED) is 0.880. The number of aryl methyl sites for hydroxylation is 1. The lowest BCUT2D eigenvalue weighted by Crippen LogP contribution is -2.45. The number of nitrogens with one attached hydrogen (secondary N) is 1. The maximum absolute atomic E-state index is 12.1. The predicted molar refractivity (Wildman–Crippen MR) is 95.3 cm³/mol. The van der Waals surface area contributed by atoms with Crippen LogP contribution in [0.2, 0.25) is 0 Å². The standard InChI is InChI=1S/C17H24N4O.ClH/c1-12-15(10-16(22)19-11-17(3,4)18)13(2)21(20-12)14-8-6-5-7-9-14;/h5-9H,10-11,18H2,1-4H3,(H,19,22);1H. The van der Waals surface area contributed by atoms with Crippen molar-refractivity contribution in [2.45, 2.75) is 39.7 Å². The van der Waals surface area contributed by atoms with Gasteiger partial charge in [-0.05, 0) is 39.8 Å². The Balaban J connectivity index is 0.00000264. The zero-order valence-corrected chi connectivity index (χ0v) is 14.9. The van der Waals surface area contributed by atoms with E-state index < -0.39 is 5.54 Å². The van der Waals surface area contributed by atoms with E-state index in [4.69, 9.17) is 5.73 Å². The molecule has 1 aromatic carbocycles. The number of halogens is 1. The number of amides is 1. The molecule has 0 fully saturated rings. The third-order valence-corrected chi connectivity index (χ3v) is 3.52. The Hall–Kier alpha value is -1.85. The molecule has 0 spiro atoms. The summed E-state index contributed by atoms with van der Waals surface area (Å²) in [4.78, 5) is 12.1. The number of aromatic nitrogens is 2. The van der Waals surface area contributed by atoms with Gasteiger partial charge in [0.05, 0.1) is 17.8 Å². The molecule has 2 rings (SSSR count). The molecule has 3 N–H and O–H groups in total. The number of nitrogens with zero attached hydrogens (tertiary/aromatic N) is 2. The first-order valence-electron chi connectivity index (χ1n) is 7.44. The van der Waals surface area contributed by atoms with Gasteiger partial charge in [0.15, 0.2) is 0 Å². The summed E-state index contributed by atoms with van der Waals surface area (Å²) < 4.78 is 1.88. The van der Waals surface area contributed by atoms with Gasteiger partial charge in [0.2, 0.25) is 5.91 Å². The van der Waals surface area contributed by atoms with Crippen molar-refractivity contribution >= 4 is 18.3 Å². The molecule has 0 bridgehead atoms. The van der Waals surface area contributed by atoms with E-state index in [1.807, 2.05) is 62.7 Å². The lowest BCUT2D eigenvalue weighted by Gasteiger charge is -2.18. The minimum Gasteiger partial charge on any atom is -0.354 e. The van der Waals surface area contributed by atoms with Crippen LogP contribution < -0.4 is 11.1 Å². The minimum atomic E-state index is -0.409. The van der Waals surface area contributed by atoms with Gasteiger partial charge in [-0.3, -0.25) is 4.79 Å². The van der Waals surface area contributed by atoms with Gasteiger partial charge in [-0.2, -0.15) is 5.10 Å². The molecule has 0 aliphatic carbocycles. The third kappa shape index (κ3) is 5.08. The van der Waals surface area contributed by atoms with Crippen molar-refractivity contribution in [1.82, 2.24) is 15.1 Å². The van der Waals surface area contributed by atoms with E-state index in [0.29, 0.717) is 13.0 Å². The van der Waals surface area contributed by atoms with Crippen LogP contribution in [0.5, 0.6) is 0 Å². The zero-order valence-electron chi connectivity index (χ0n) is 14.1. The fourth-order valence-electron chi connectivity index (χ4n) is 2.30. The first-order chi connectivity index (χ1) is 10.3. The fraction of sp³-hybridized carbons (Fsp3) is 0.412. The molecule has 126 valence electrons. The van der Waals surface area contributed by atoms with Gasteiger partial charge in [0.25, 0.3) is 0 Å². The Morgan fingerprint density at radius 3 is 2.43 bits per heavy atom. The second kappa shape index (κ2) is 7.62. The topological polar surface area (TPSA) is 72.9 Å². The summed E-state index contributed by atoms with van der Waals surface area (Å²) in [5.41, 5.74) is 9.31. The summed E-state index contributed by atoms with van der Waals surface area (Å²) in [6.45, 7) is 8.15. The van der Waals surface area contributed by atoms with Crippen molar-refractivity contribution in [3.8, 4) is 5.69 Å². The highest BCUT2D eigenvalue weighted by Crippen LogP contribution is 2.18. The summed E-state index contributed by atoms with van der Waals surface area (Å²) in [6.07, 6.45) is 0.320. The minimum absolute atomic E-state index is 0. The Morgan fingerprint density at radius 1 is 1.26 bits per heavy atom. The number of nitrogens with two attached hydrogens (primary N) is 1. The number of carbonyl (C=O) groups excluding carboxylic acids is 1. The molecule has 0 aliphatic rings. The number of hydrogen-bond donors (Lipinski definition) is 2. The van der Waals surface area contributed by atoms with Gasteiger partial charge in [0, 0.05) is 23.3 Å².